The molecule has 2 heterocycles. The van der Waals surface area contributed by atoms with Crippen molar-refractivity contribution in [2.24, 2.45) is 7.05 Å². The van der Waals surface area contributed by atoms with E-state index < -0.39 is 0 Å². The number of aromatic amines is 1. The largest absolute Gasteiger partial charge is 0.496 e. The molecule has 0 saturated heterocycles. The number of H-pyrrole nitrogens is 1. The molecule has 7 nitrogen and oxygen atoms in total. The lowest BCUT2D eigenvalue weighted by Crippen LogP contribution is -2.13. The maximum atomic E-state index is 12.3. The van der Waals surface area contributed by atoms with Crippen LogP contribution in [0.25, 0.3) is 22.3 Å². The molecule has 0 bridgehead atoms. The Morgan fingerprint density at radius 3 is 2.68 bits per heavy atom. The van der Waals surface area contributed by atoms with Gasteiger partial charge in [-0.2, -0.15) is 0 Å². The van der Waals surface area contributed by atoms with E-state index in [0.29, 0.717) is 22.6 Å². The number of thioether (sulfide) groups is 1. The van der Waals surface area contributed by atoms with Crippen LogP contribution in [-0.4, -0.2) is 31.8 Å². The van der Waals surface area contributed by atoms with Crippen molar-refractivity contribution >= 4 is 22.7 Å². The fourth-order valence-electron chi connectivity index (χ4n) is 2.99. The van der Waals surface area contributed by atoms with Gasteiger partial charge in [0.25, 0.3) is 5.56 Å². The minimum absolute atomic E-state index is 0.106. The van der Waals surface area contributed by atoms with Gasteiger partial charge in [-0.15, -0.1) is 10.2 Å². The van der Waals surface area contributed by atoms with Gasteiger partial charge >= 0.3 is 0 Å². The Labute approximate surface area is 165 Å². The van der Waals surface area contributed by atoms with Crippen molar-refractivity contribution in [1.82, 2.24) is 24.7 Å². The monoisotopic (exact) mass is 393 g/mol. The first-order valence-corrected chi connectivity index (χ1v) is 9.65. The van der Waals surface area contributed by atoms with Gasteiger partial charge in [-0.1, -0.05) is 36.0 Å². The second-order valence-corrected chi connectivity index (χ2v) is 7.60. The molecular formula is C20H19N5O2S. The topological polar surface area (TPSA) is 85.7 Å². The van der Waals surface area contributed by atoms with Crippen LogP contribution < -0.4 is 10.3 Å². The number of methoxy groups -OCH3 is 1. The summed E-state index contributed by atoms with van der Waals surface area (Å²) in [6, 6.07) is 15.0. The van der Waals surface area contributed by atoms with E-state index in [0.717, 1.165) is 16.5 Å². The number of rotatable bonds is 5. The average molecular weight is 393 g/mol. The van der Waals surface area contributed by atoms with Crippen LogP contribution >= 0.6 is 11.8 Å². The molecule has 0 amide bonds. The molecule has 0 unspecified atom stereocenters. The Morgan fingerprint density at radius 1 is 1.11 bits per heavy atom. The number of para-hydroxylation sites is 2. The molecule has 0 aliphatic carbocycles. The first kappa shape index (κ1) is 18.2. The van der Waals surface area contributed by atoms with E-state index in [1.807, 2.05) is 61.0 Å². The molecule has 0 aliphatic rings. The van der Waals surface area contributed by atoms with Gasteiger partial charge in [-0.05, 0) is 31.2 Å². The smallest absolute Gasteiger partial charge is 0.258 e. The van der Waals surface area contributed by atoms with Crippen molar-refractivity contribution in [3.8, 4) is 17.1 Å². The third-order valence-electron chi connectivity index (χ3n) is 4.48. The summed E-state index contributed by atoms with van der Waals surface area (Å²) in [5.41, 5.74) is 1.42. The Bertz CT molecular complexity index is 1200. The third-order valence-corrected chi connectivity index (χ3v) is 5.62. The molecule has 0 fully saturated rings. The van der Waals surface area contributed by atoms with Gasteiger partial charge in [0.1, 0.15) is 11.6 Å². The number of aromatic nitrogens is 5. The summed E-state index contributed by atoms with van der Waals surface area (Å²) < 4.78 is 7.35. The average Bonchev–Trinajstić information content (AvgIpc) is 3.08. The quantitative estimate of drug-likeness (QED) is 0.522. The molecule has 0 radical (unpaired) electrons. The summed E-state index contributed by atoms with van der Waals surface area (Å²) in [6.45, 7) is 1.98. The SMILES string of the molecule is COc1ccccc1-c1nnc(S[C@@H](C)c2nc3ccccc3c(=O)[nH]2)n1C. The molecular weight excluding hydrogens is 374 g/mol. The van der Waals surface area contributed by atoms with Gasteiger partial charge < -0.3 is 14.3 Å². The number of ether oxygens (including phenoxy) is 1. The molecule has 2 aromatic heterocycles. The minimum Gasteiger partial charge on any atom is -0.496 e. The number of nitrogens with one attached hydrogen (secondary N) is 1. The van der Waals surface area contributed by atoms with Crippen molar-refractivity contribution in [2.45, 2.75) is 17.3 Å². The minimum atomic E-state index is -0.138. The van der Waals surface area contributed by atoms with Crippen molar-refractivity contribution in [1.29, 1.82) is 0 Å². The molecule has 28 heavy (non-hydrogen) atoms. The van der Waals surface area contributed by atoms with Gasteiger partial charge in [-0.3, -0.25) is 4.79 Å². The van der Waals surface area contributed by atoms with Crippen LogP contribution in [0.3, 0.4) is 0 Å². The molecule has 4 aromatic rings. The first-order chi connectivity index (χ1) is 13.6. The highest BCUT2D eigenvalue weighted by molar-refractivity contribution is 7.99. The maximum absolute atomic E-state index is 12.3. The van der Waals surface area contributed by atoms with Gasteiger partial charge in [-0.25, -0.2) is 4.98 Å². The van der Waals surface area contributed by atoms with E-state index >= 15 is 0 Å². The van der Waals surface area contributed by atoms with Gasteiger partial charge in [0.05, 0.1) is 28.8 Å². The molecule has 1 N–H and O–H groups in total. The zero-order valence-corrected chi connectivity index (χ0v) is 16.5. The summed E-state index contributed by atoms with van der Waals surface area (Å²) in [4.78, 5) is 19.8. The highest BCUT2D eigenvalue weighted by Crippen LogP contribution is 2.35. The second kappa shape index (κ2) is 7.47. The molecule has 0 aliphatic heterocycles. The maximum Gasteiger partial charge on any atom is 0.258 e. The number of nitrogens with zero attached hydrogens (tertiary/aromatic N) is 4. The molecule has 8 heteroatoms. The highest BCUT2D eigenvalue weighted by Gasteiger charge is 2.19. The van der Waals surface area contributed by atoms with Crippen molar-refractivity contribution in [3.63, 3.8) is 0 Å². The molecule has 4 rings (SSSR count). The summed E-state index contributed by atoms with van der Waals surface area (Å²) in [5.74, 6) is 2.06. The number of benzene rings is 2. The van der Waals surface area contributed by atoms with Gasteiger partial charge in [0.15, 0.2) is 11.0 Å². The first-order valence-electron chi connectivity index (χ1n) is 8.77. The summed E-state index contributed by atoms with van der Waals surface area (Å²) in [5, 5.41) is 9.85. The normalized spacial score (nSPS) is 12.2. The Balaban J connectivity index is 1.65. The van der Waals surface area contributed by atoms with Crippen molar-refractivity contribution < 1.29 is 4.74 Å². The molecule has 142 valence electrons. The van der Waals surface area contributed by atoms with Gasteiger partial charge in [0.2, 0.25) is 0 Å². The van der Waals surface area contributed by atoms with Crippen LogP contribution in [0.2, 0.25) is 0 Å². The van der Waals surface area contributed by atoms with Crippen molar-refractivity contribution in [2.75, 3.05) is 7.11 Å². The van der Waals surface area contributed by atoms with Crippen LogP contribution in [0.5, 0.6) is 5.75 Å². The lowest BCUT2D eigenvalue weighted by molar-refractivity contribution is 0.416. The standard InChI is InChI=1S/C20H19N5O2S/c1-12(17-21-15-10-6-4-8-13(15)19(26)22-17)28-20-24-23-18(25(20)2)14-9-5-7-11-16(14)27-3/h4-12H,1-3H3,(H,21,22,26)/t12-/m0/s1. The Hall–Kier alpha value is -3.13. The van der Waals surface area contributed by atoms with E-state index in [2.05, 4.69) is 20.2 Å². The predicted molar refractivity (Wildman–Crippen MR) is 110 cm³/mol. The van der Waals surface area contributed by atoms with E-state index in [4.69, 9.17) is 4.74 Å². The summed E-state index contributed by atoms with van der Waals surface area (Å²) >= 11 is 1.49. The number of hydrogen-bond acceptors (Lipinski definition) is 6. The fourth-order valence-corrected chi connectivity index (χ4v) is 3.86. The lowest BCUT2D eigenvalue weighted by Gasteiger charge is -2.11. The molecule has 1 atom stereocenters. The predicted octanol–water partition coefficient (Wildman–Crippen LogP) is 3.58. The number of hydrogen-bond donors (Lipinski definition) is 1. The Kier molecular flexibility index (Phi) is 4.87. The summed E-state index contributed by atoms with van der Waals surface area (Å²) in [7, 11) is 3.54. The lowest BCUT2D eigenvalue weighted by atomic mass is 10.2. The van der Waals surface area contributed by atoms with E-state index in [1.165, 1.54) is 11.8 Å². The van der Waals surface area contributed by atoms with Gasteiger partial charge in [0, 0.05) is 7.05 Å². The summed E-state index contributed by atoms with van der Waals surface area (Å²) in [6.07, 6.45) is 0. The van der Waals surface area contributed by atoms with Crippen LogP contribution in [0.1, 0.15) is 18.0 Å². The van der Waals surface area contributed by atoms with E-state index in [-0.39, 0.29) is 10.8 Å². The van der Waals surface area contributed by atoms with Crippen LogP contribution in [0, 0.1) is 0 Å². The Morgan fingerprint density at radius 2 is 1.86 bits per heavy atom. The van der Waals surface area contributed by atoms with E-state index in [9.17, 15) is 4.79 Å². The third kappa shape index (κ3) is 3.27. The molecule has 0 saturated carbocycles. The number of fused-ring (bicyclic) bond motifs is 1. The molecule has 0 spiro atoms. The van der Waals surface area contributed by atoms with E-state index in [1.54, 1.807) is 13.2 Å². The highest BCUT2D eigenvalue weighted by atomic mass is 32.2. The van der Waals surface area contributed by atoms with Crippen LogP contribution in [0.4, 0.5) is 0 Å². The molecule has 2 aromatic carbocycles. The zero-order chi connectivity index (χ0) is 19.7. The fraction of sp³-hybridized carbons (Fsp3) is 0.200. The zero-order valence-electron chi connectivity index (χ0n) is 15.7. The second-order valence-electron chi connectivity index (χ2n) is 6.29. The van der Waals surface area contributed by atoms with Crippen LogP contribution in [0.15, 0.2) is 58.5 Å². The van der Waals surface area contributed by atoms with Crippen LogP contribution in [-0.2, 0) is 7.05 Å². The van der Waals surface area contributed by atoms with Crippen molar-refractivity contribution in [3.05, 3.63) is 64.7 Å².